The van der Waals surface area contributed by atoms with E-state index in [2.05, 4.69) is 9.97 Å². The molecule has 0 amide bonds. The van der Waals surface area contributed by atoms with Crippen LogP contribution in [0.5, 0.6) is 0 Å². The molecule has 2 aromatic heterocycles. The van der Waals surface area contributed by atoms with Crippen LogP contribution in [0, 0.1) is 6.92 Å². The van der Waals surface area contributed by atoms with Crippen molar-refractivity contribution < 1.29 is 4.42 Å². The van der Waals surface area contributed by atoms with Crippen molar-refractivity contribution in [1.29, 1.82) is 0 Å². The molecule has 0 spiro atoms. The van der Waals surface area contributed by atoms with E-state index in [4.69, 9.17) is 27.6 Å². The summed E-state index contributed by atoms with van der Waals surface area (Å²) in [5.41, 5.74) is 2.55. The number of nitrogens with zero attached hydrogens (tertiary/aromatic N) is 1. The van der Waals surface area contributed by atoms with Crippen molar-refractivity contribution in [3.63, 3.8) is 0 Å². The predicted octanol–water partition coefficient (Wildman–Crippen LogP) is 4.44. The van der Waals surface area contributed by atoms with Gasteiger partial charge in [-0.1, -0.05) is 23.2 Å². The lowest BCUT2D eigenvalue weighted by molar-refractivity contribution is 0.535. The molecule has 0 radical (unpaired) electrons. The van der Waals surface area contributed by atoms with Gasteiger partial charge in [0.2, 0.25) is 0 Å². The van der Waals surface area contributed by atoms with Crippen LogP contribution in [0.25, 0.3) is 22.4 Å². The van der Waals surface area contributed by atoms with Crippen molar-refractivity contribution in [2.75, 3.05) is 0 Å². The molecule has 86 valence electrons. The van der Waals surface area contributed by atoms with Gasteiger partial charge in [-0.2, -0.15) is 0 Å². The molecule has 3 nitrogen and oxygen atoms in total. The number of hydrogen-bond donors (Lipinski definition) is 1. The van der Waals surface area contributed by atoms with Gasteiger partial charge in [-0.3, -0.25) is 0 Å². The summed E-state index contributed by atoms with van der Waals surface area (Å²) in [7, 11) is 0. The van der Waals surface area contributed by atoms with E-state index in [9.17, 15) is 0 Å². The van der Waals surface area contributed by atoms with Crippen LogP contribution < -0.4 is 0 Å². The van der Waals surface area contributed by atoms with Crippen molar-refractivity contribution in [2.24, 2.45) is 0 Å². The van der Waals surface area contributed by atoms with E-state index in [1.807, 2.05) is 13.0 Å². The monoisotopic (exact) mass is 266 g/mol. The minimum atomic E-state index is 0.501. The van der Waals surface area contributed by atoms with Crippen LogP contribution in [0.3, 0.4) is 0 Å². The zero-order chi connectivity index (χ0) is 12.0. The molecule has 1 N–H and O–H groups in total. The summed E-state index contributed by atoms with van der Waals surface area (Å²) in [6.45, 7) is 1.89. The molecule has 0 aliphatic carbocycles. The molecule has 0 aliphatic heterocycles. The Morgan fingerprint density at radius 2 is 1.94 bits per heavy atom. The molecule has 3 aromatic rings. The van der Waals surface area contributed by atoms with Crippen LogP contribution in [0.1, 0.15) is 5.76 Å². The summed E-state index contributed by atoms with van der Waals surface area (Å²) in [5, 5.41) is 1.01. The third-order valence-corrected chi connectivity index (χ3v) is 3.25. The van der Waals surface area contributed by atoms with Crippen LogP contribution in [0.4, 0.5) is 0 Å². The number of imidazole rings is 1. The van der Waals surface area contributed by atoms with Crippen molar-refractivity contribution in [1.82, 2.24) is 9.97 Å². The highest BCUT2D eigenvalue weighted by Crippen LogP contribution is 2.29. The Hall–Kier alpha value is -1.45. The summed E-state index contributed by atoms with van der Waals surface area (Å²) in [6.07, 6.45) is 1.66. The Kier molecular flexibility index (Phi) is 2.38. The van der Waals surface area contributed by atoms with Crippen LogP contribution in [0.15, 0.2) is 28.9 Å². The number of aromatic amines is 1. The maximum absolute atomic E-state index is 5.95. The number of hydrogen-bond acceptors (Lipinski definition) is 2. The minimum Gasteiger partial charge on any atom is -0.469 e. The van der Waals surface area contributed by atoms with E-state index >= 15 is 0 Å². The zero-order valence-corrected chi connectivity index (χ0v) is 10.4. The van der Waals surface area contributed by atoms with Gasteiger partial charge in [-0.05, 0) is 25.1 Å². The summed E-state index contributed by atoms with van der Waals surface area (Å²) >= 11 is 11.9. The highest BCUT2D eigenvalue weighted by atomic mass is 35.5. The smallest absolute Gasteiger partial charge is 0.141 e. The lowest BCUT2D eigenvalue weighted by Crippen LogP contribution is -1.74. The second-order valence-electron chi connectivity index (χ2n) is 3.81. The van der Waals surface area contributed by atoms with Gasteiger partial charge in [-0.15, -0.1) is 0 Å². The topological polar surface area (TPSA) is 41.8 Å². The van der Waals surface area contributed by atoms with Crippen molar-refractivity contribution in [3.05, 3.63) is 40.3 Å². The second-order valence-corrected chi connectivity index (χ2v) is 4.63. The quantitative estimate of drug-likeness (QED) is 0.708. The summed E-state index contributed by atoms with van der Waals surface area (Å²) < 4.78 is 5.25. The fourth-order valence-electron chi connectivity index (χ4n) is 1.71. The number of rotatable bonds is 1. The normalized spacial score (nSPS) is 11.2. The molecule has 3 rings (SSSR count). The first-order chi connectivity index (χ1) is 8.13. The second kappa shape index (κ2) is 3.79. The van der Waals surface area contributed by atoms with E-state index in [1.54, 1.807) is 18.4 Å². The lowest BCUT2D eigenvalue weighted by Gasteiger charge is -1.93. The maximum atomic E-state index is 5.95. The standard InChI is InChI=1S/C12H8Cl2N2O/c1-6-2-7(5-17-6)12-15-10-3-8(13)9(14)4-11(10)16-12/h2-5H,1H3,(H,15,16). The van der Waals surface area contributed by atoms with Crippen molar-refractivity contribution >= 4 is 34.2 Å². The summed E-state index contributed by atoms with van der Waals surface area (Å²) in [6, 6.07) is 5.43. The average molecular weight is 267 g/mol. The van der Waals surface area contributed by atoms with Crippen molar-refractivity contribution in [3.8, 4) is 11.4 Å². The molecule has 0 fully saturated rings. The number of aryl methyl sites for hydroxylation is 1. The molecule has 17 heavy (non-hydrogen) atoms. The SMILES string of the molecule is Cc1cc(-c2nc3cc(Cl)c(Cl)cc3[nH]2)co1. The van der Waals surface area contributed by atoms with E-state index in [0.29, 0.717) is 10.0 Å². The molecule has 0 saturated heterocycles. The Bertz CT molecular complexity index is 661. The highest BCUT2D eigenvalue weighted by Gasteiger charge is 2.09. The minimum absolute atomic E-state index is 0.501. The Labute approximate surface area is 107 Å². The first-order valence-corrected chi connectivity index (χ1v) is 5.79. The van der Waals surface area contributed by atoms with Crippen LogP contribution in [0.2, 0.25) is 10.0 Å². The van der Waals surface area contributed by atoms with Gasteiger partial charge in [0.25, 0.3) is 0 Å². The molecule has 0 bridgehead atoms. The third kappa shape index (κ3) is 1.81. The number of aromatic nitrogens is 2. The van der Waals surface area contributed by atoms with E-state index in [0.717, 1.165) is 28.2 Å². The number of nitrogens with one attached hydrogen (secondary N) is 1. The first kappa shape index (κ1) is 10.7. The molecule has 1 aromatic carbocycles. The van der Waals surface area contributed by atoms with Crippen LogP contribution in [-0.4, -0.2) is 9.97 Å². The van der Waals surface area contributed by atoms with Crippen LogP contribution >= 0.6 is 23.2 Å². The average Bonchev–Trinajstić information content (AvgIpc) is 2.85. The van der Waals surface area contributed by atoms with Gasteiger partial charge < -0.3 is 9.40 Å². The largest absolute Gasteiger partial charge is 0.469 e. The Balaban J connectivity index is 2.19. The molecular weight excluding hydrogens is 259 g/mol. The number of fused-ring (bicyclic) bond motifs is 1. The molecule has 0 atom stereocenters. The number of halogens is 2. The fraction of sp³-hybridized carbons (Fsp3) is 0.0833. The Morgan fingerprint density at radius 1 is 1.18 bits per heavy atom. The summed E-state index contributed by atoms with van der Waals surface area (Å²) in [4.78, 5) is 7.62. The molecular formula is C12H8Cl2N2O. The van der Waals surface area contributed by atoms with E-state index in [1.165, 1.54) is 0 Å². The molecule has 0 saturated carbocycles. The Morgan fingerprint density at radius 3 is 2.65 bits per heavy atom. The molecule has 2 heterocycles. The zero-order valence-electron chi connectivity index (χ0n) is 8.92. The third-order valence-electron chi connectivity index (χ3n) is 2.53. The lowest BCUT2D eigenvalue weighted by atomic mass is 10.3. The van der Waals surface area contributed by atoms with Gasteiger partial charge in [0.15, 0.2) is 0 Å². The predicted molar refractivity (Wildman–Crippen MR) is 68.6 cm³/mol. The highest BCUT2D eigenvalue weighted by molar-refractivity contribution is 6.42. The van der Waals surface area contributed by atoms with E-state index < -0.39 is 0 Å². The van der Waals surface area contributed by atoms with Crippen molar-refractivity contribution in [2.45, 2.75) is 6.92 Å². The van der Waals surface area contributed by atoms with Gasteiger partial charge in [0.05, 0.1) is 26.6 Å². The summed E-state index contributed by atoms with van der Waals surface area (Å²) in [5.74, 6) is 1.59. The van der Waals surface area contributed by atoms with Gasteiger partial charge in [0.1, 0.15) is 17.8 Å². The van der Waals surface area contributed by atoms with Gasteiger partial charge in [-0.25, -0.2) is 4.98 Å². The first-order valence-electron chi connectivity index (χ1n) is 5.04. The van der Waals surface area contributed by atoms with E-state index in [-0.39, 0.29) is 0 Å². The number of furan rings is 1. The fourth-order valence-corrected chi connectivity index (χ4v) is 2.03. The van der Waals surface area contributed by atoms with Crippen LogP contribution in [-0.2, 0) is 0 Å². The number of benzene rings is 1. The van der Waals surface area contributed by atoms with Gasteiger partial charge in [0, 0.05) is 0 Å². The van der Waals surface area contributed by atoms with Gasteiger partial charge >= 0.3 is 0 Å². The molecule has 0 unspecified atom stereocenters. The number of H-pyrrole nitrogens is 1. The molecule has 5 heteroatoms. The molecule has 0 aliphatic rings. The maximum Gasteiger partial charge on any atom is 0.141 e.